The zero-order valence-corrected chi connectivity index (χ0v) is 18.9. The Morgan fingerprint density at radius 3 is 2.64 bits per heavy atom. The molecule has 2 N–H and O–H groups in total. The third-order valence-corrected chi connectivity index (χ3v) is 5.41. The van der Waals surface area contributed by atoms with E-state index in [1.807, 2.05) is 39.2 Å². The van der Waals surface area contributed by atoms with Crippen LogP contribution in [0.4, 0.5) is 5.95 Å². The van der Waals surface area contributed by atoms with Crippen molar-refractivity contribution in [2.45, 2.75) is 13.0 Å². The molecule has 3 aromatic rings. The molecule has 2 amide bonds. The molecule has 2 aromatic heterocycles. The molecule has 0 saturated carbocycles. The number of nitrogens with two attached hydrogens (primary N) is 1. The molecule has 1 aliphatic heterocycles. The summed E-state index contributed by atoms with van der Waals surface area (Å²) in [6.07, 6.45) is 1.39. The minimum Gasteiger partial charge on any atom is -0.368 e. The van der Waals surface area contributed by atoms with Crippen molar-refractivity contribution in [3.63, 3.8) is 0 Å². The number of benzene rings is 1. The monoisotopic (exact) mass is 446 g/mol. The van der Waals surface area contributed by atoms with Gasteiger partial charge in [0.2, 0.25) is 11.9 Å². The van der Waals surface area contributed by atoms with Crippen LogP contribution in [0.1, 0.15) is 38.3 Å². The number of amides is 2. The van der Waals surface area contributed by atoms with Crippen molar-refractivity contribution in [1.82, 2.24) is 19.9 Å². The van der Waals surface area contributed by atoms with E-state index in [9.17, 15) is 9.59 Å². The third kappa shape index (κ3) is 4.98. The number of carbonyl (C=O) groups excluding carboxylic acids is 2. The average molecular weight is 447 g/mol. The highest BCUT2D eigenvalue weighted by molar-refractivity contribution is 5.94. The molecule has 3 heterocycles. The van der Waals surface area contributed by atoms with Gasteiger partial charge < -0.3 is 20.3 Å². The summed E-state index contributed by atoms with van der Waals surface area (Å²) in [4.78, 5) is 41.4. The lowest BCUT2D eigenvalue weighted by atomic mass is 10.0. The van der Waals surface area contributed by atoms with E-state index in [1.54, 1.807) is 40.3 Å². The van der Waals surface area contributed by atoms with Crippen molar-refractivity contribution in [2.24, 2.45) is 5.73 Å². The Balaban J connectivity index is 1.50. The predicted octanol–water partition coefficient (Wildman–Crippen LogP) is 2.23. The van der Waals surface area contributed by atoms with Gasteiger partial charge >= 0.3 is 0 Å². The van der Waals surface area contributed by atoms with Crippen LogP contribution in [0.25, 0.3) is 11.1 Å². The molecule has 33 heavy (non-hydrogen) atoms. The number of nitrogens with zero attached hydrogens (tertiary/aromatic N) is 5. The van der Waals surface area contributed by atoms with Crippen molar-refractivity contribution in [3.05, 3.63) is 71.3 Å². The first-order valence-electron chi connectivity index (χ1n) is 10.6. The molecule has 1 aromatic carbocycles. The summed E-state index contributed by atoms with van der Waals surface area (Å²) in [5.74, 6) is -0.129. The zero-order chi connectivity index (χ0) is 23.5. The quantitative estimate of drug-likeness (QED) is 0.639. The van der Waals surface area contributed by atoms with Gasteiger partial charge in [0.05, 0.1) is 18.8 Å². The maximum absolute atomic E-state index is 13.1. The number of anilines is 1. The van der Waals surface area contributed by atoms with E-state index >= 15 is 0 Å². The van der Waals surface area contributed by atoms with Gasteiger partial charge in [-0.3, -0.25) is 14.6 Å². The Morgan fingerprint density at radius 1 is 1.12 bits per heavy atom. The lowest BCUT2D eigenvalue weighted by Gasteiger charge is -2.32. The predicted molar refractivity (Wildman–Crippen MR) is 124 cm³/mol. The van der Waals surface area contributed by atoms with Crippen LogP contribution in [0.15, 0.2) is 48.7 Å². The molecule has 4 rings (SSSR count). The van der Waals surface area contributed by atoms with Crippen LogP contribution < -0.4 is 10.6 Å². The van der Waals surface area contributed by atoms with Crippen LogP contribution in [0, 0.1) is 6.92 Å². The second kappa shape index (κ2) is 9.33. The summed E-state index contributed by atoms with van der Waals surface area (Å²) in [6.45, 7) is 3.11. The van der Waals surface area contributed by atoms with E-state index in [0.717, 1.165) is 22.5 Å². The van der Waals surface area contributed by atoms with Crippen molar-refractivity contribution >= 4 is 17.8 Å². The first kappa shape index (κ1) is 22.3. The SMILES string of the molecule is Cc1cc(C(=O)N2CCOC(c3ccc(-c4cccc(C(N)=O)c4)cn3)C2)nc(N(C)C)n1. The van der Waals surface area contributed by atoms with Crippen molar-refractivity contribution in [1.29, 1.82) is 0 Å². The van der Waals surface area contributed by atoms with Crippen LogP contribution in [0.2, 0.25) is 0 Å². The summed E-state index contributed by atoms with van der Waals surface area (Å²) < 4.78 is 5.90. The molecule has 1 aliphatic rings. The maximum atomic E-state index is 13.1. The number of aromatic nitrogens is 3. The molecular formula is C24H26N6O3. The standard InChI is InChI=1S/C24H26N6O3/c1-15-11-20(28-24(27-15)29(2)3)23(32)30-9-10-33-21(14-30)19-8-7-18(13-26-19)16-5-4-6-17(12-16)22(25)31/h4-8,11-13,21H,9-10,14H2,1-3H3,(H2,25,31). The Hall–Kier alpha value is -3.85. The molecule has 0 bridgehead atoms. The van der Waals surface area contributed by atoms with E-state index in [-0.39, 0.29) is 12.0 Å². The first-order valence-corrected chi connectivity index (χ1v) is 10.6. The van der Waals surface area contributed by atoms with Gasteiger partial charge in [-0.2, -0.15) is 0 Å². The minimum absolute atomic E-state index is 0.156. The first-order chi connectivity index (χ1) is 15.8. The number of hydrogen-bond donors (Lipinski definition) is 1. The molecule has 1 atom stereocenters. The molecule has 9 heteroatoms. The summed E-state index contributed by atoms with van der Waals surface area (Å²) >= 11 is 0. The molecule has 1 saturated heterocycles. The largest absolute Gasteiger partial charge is 0.368 e. The molecule has 0 aliphatic carbocycles. The fraction of sp³-hybridized carbons (Fsp3) is 0.292. The molecule has 1 unspecified atom stereocenters. The third-order valence-electron chi connectivity index (χ3n) is 5.41. The van der Waals surface area contributed by atoms with Gasteiger partial charge in [0.15, 0.2) is 0 Å². The fourth-order valence-electron chi connectivity index (χ4n) is 3.66. The van der Waals surface area contributed by atoms with Gasteiger partial charge in [-0.05, 0) is 36.8 Å². The molecule has 0 spiro atoms. The van der Waals surface area contributed by atoms with Crippen LogP contribution in [-0.2, 0) is 4.74 Å². The zero-order valence-electron chi connectivity index (χ0n) is 18.9. The second-order valence-corrected chi connectivity index (χ2v) is 8.12. The number of carbonyl (C=O) groups is 2. The number of pyridine rings is 1. The highest BCUT2D eigenvalue weighted by Gasteiger charge is 2.28. The number of hydrogen-bond acceptors (Lipinski definition) is 7. The number of primary amides is 1. The van der Waals surface area contributed by atoms with Crippen molar-refractivity contribution < 1.29 is 14.3 Å². The summed E-state index contributed by atoms with van der Waals surface area (Å²) in [5.41, 5.74) is 9.36. The van der Waals surface area contributed by atoms with E-state index in [1.165, 1.54) is 0 Å². The van der Waals surface area contributed by atoms with E-state index < -0.39 is 5.91 Å². The maximum Gasteiger partial charge on any atom is 0.272 e. The Labute approximate surface area is 192 Å². The van der Waals surface area contributed by atoms with Gasteiger partial charge in [-0.25, -0.2) is 9.97 Å². The van der Waals surface area contributed by atoms with E-state index in [4.69, 9.17) is 10.5 Å². The van der Waals surface area contributed by atoms with E-state index in [0.29, 0.717) is 36.9 Å². The smallest absolute Gasteiger partial charge is 0.272 e. The summed E-state index contributed by atoms with van der Waals surface area (Å²) in [7, 11) is 3.68. The van der Waals surface area contributed by atoms with Gasteiger partial charge in [0.1, 0.15) is 11.8 Å². The summed E-state index contributed by atoms with van der Waals surface area (Å²) in [5, 5.41) is 0. The second-order valence-electron chi connectivity index (χ2n) is 8.12. The molecule has 1 fully saturated rings. The number of ether oxygens (including phenoxy) is 1. The number of morpholine rings is 1. The van der Waals surface area contributed by atoms with Gasteiger partial charge in [-0.15, -0.1) is 0 Å². The van der Waals surface area contributed by atoms with Crippen LogP contribution in [0.5, 0.6) is 0 Å². The van der Waals surface area contributed by atoms with Crippen LogP contribution >= 0.6 is 0 Å². The molecule has 9 nitrogen and oxygen atoms in total. The number of aryl methyl sites for hydroxylation is 1. The molecule has 0 radical (unpaired) electrons. The van der Waals surface area contributed by atoms with Crippen LogP contribution in [-0.4, -0.2) is 65.5 Å². The molecule has 170 valence electrons. The lowest BCUT2D eigenvalue weighted by Crippen LogP contribution is -2.42. The Kier molecular flexibility index (Phi) is 6.32. The minimum atomic E-state index is -0.474. The highest BCUT2D eigenvalue weighted by atomic mass is 16.5. The van der Waals surface area contributed by atoms with Gasteiger partial charge in [0, 0.05) is 43.7 Å². The van der Waals surface area contributed by atoms with E-state index in [2.05, 4.69) is 15.0 Å². The van der Waals surface area contributed by atoms with Crippen molar-refractivity contribution in [3.8, 4) is 11.1 Å². The number of rotatable bonds is 5. The van der Waals surface area contributed by atoms with Crippen molar-refractivity contribution in [2.75, 3.05) is 38.7 Å². The highest BCUT2D eigenvalue weighted by Crippen LogP contribution is 2.25. The molecular weight excluding hydrogens is 420 g/mol. The normalized spacial score (nSPS) is 15.8. The Bertz CT molecular complexity index is 1180. The van der Waals surface area contributed by atoms with Gasteiger partial charge in [0.25, 0.3) is 5.91 Å². The topological polar surface area (TPSA) is 115 Å². The average Bonchev–Trinajstić information content (AvgIpc) is 2.83. The summed E-state index contributed by atoms with van der Waals surface area (Å²) in [6, 6.07) is 12.6. The van der Waals surface area contributed by atoms with Gasteiger partial charge in [-0.1, -0.05) is 18.2 Å². The van der Waals surface area contributed by atoms with Crippen LogP contribution in [0.3, 0.4) is 0 Å². The fourth-order valence-corrected chi connectivity index (χ4v) is 3.66. The lowest BCUT2D eigenvalue weighted by molar-refractivity contribution is -0.0249. The Morgan fingerprint density at radius 2 is 1.94 bits per heavy atom.